The second kappa shape index (κ2) is 5.04. The lowest BCUT2D eigenvalue weighted by atomic mass is 9.87. The number of aliphatic imine (C=N–C) groups is 1. The Morgan fingerprint density at radius 2 is 1.73 bits per heavy atom. The highest BCUT2D eigenvalue weighted by Crippen LogP contribution is 2.39. The third-order valence-corrected chi connectivity index (χ3v) is 5.28. The van der Waals surface area contributed by atoms with Crippen LogP contribution in [0.4, 0.5) is 5.69 Å². The largest absolute Gasteiger partial charge is 0.294 e. The molecule has 1 aliphatic heterocycles. The van der Waals surface area contributed by atoms with Gasteiger partial charge in [0.1, 0.15) is 0 Å². The summed E-state index contributed by atoms with van der Waals surface area (Å²) in [5.74, 6) is -0.0870. The molecule has 1 aliphatic rings. The van der Waals surface area contributed by atoms with Crippen molar-refractivity contribution in [2.24, 2.45) is 4.99 Å². The number of nitrogens with zero attached hydrogens (tertiary/aromatic N) is 1. The highest BCUT2D eigenvalue weighted by Gasteiger charge is 2.25. The Balaban J connectivity index is 2.16. The van der Waals surface area contributed by atoms with Crippen molar-refractivity contribution in [3.8, 4) is 0 Å². The van der Waals surface area contributed by atoms with Crippen molar-refractivity contribution < 1.29 is 13.0 Å². The fourth-order valence-electron chi connectivity index (χ4n) is 2.86. The molecule has 4 nitrogen and oxygen atoms in total. The van der Waals surface area contributed by atoms with Crippen LogP contribution in [0.15, 0.2) is 40.2 Å². The van der Waals surface area contributed by atoms with Crippen LogP contribution < -0.4 is 0 Å². The number of rotatable bonds is 2. The molecular formula is C17H17NO3S. The van der Waals surface area contributed by atoms with Gasteiger partial charge in [0.05, 0.1) is 10.6 Å². The van der Waals surface area contributed by atoms with Gasteiger partial charge in [-0.05, 0) is 66.8 Å². The molecule has 0 saturated carbocycles. The summed E-state index contributed by atoms with van der Waals surface area (Å²) in [7, 11) is -4.21. The quantitative estimate of drug-likeness (QED) is 0.859. The average Bonchev–Trinajstić information content (AvgIpc) is 2.87. The monoisotopic (exact) mass is 315 g/mol. The van der Waals surface area contributed by atoms with Crippen LogP contribution in [-0.2, 0) is 10.1 Å². The summed E-state index contributed by atoms with van der Waals surface area (Å²) in [6.07, 6.45) is 1.83. The minimum Gasteiger partial charge on any atom is -0.282 e. The van der Waals surface area contributed by atoms with Crippen LogP contribution in [0.1, 0.15) is 33.7 Å². The van der Waals surface area contributed by atoms with E-state index in [1.807, 2.05) is 6.21 Å². The summed E-state index contributed by atoms with van der Waals surface area (Å²) in [6.45, 7) is 6.21. The highest BCUT2D eigenvalue weighted by atomic mass is 32.2. The molecule has 2 aromatic carbocycles. The smallest absolute Gasteiger partial charge is 0.282 e. The van der Waals surface area contributed by atoms with Gasteiger partial charge >= 0.3 is 0 Å². The molecule has 1 N–H and O–H groups in total. The van der Waals surface area contributed by atoms with Crippen molar-refractivity contribution in [2.45, 2.75) is 31.6 Å². The molecule has 0 spiro atoms. The van der Waals surface area contributed by atoms with E-state index in [4.69, 9.17) is 0 Å². The predicted molar refractivity (Wildman–Crippen MR) is 86.9 cm³/mol. The highest BCUT2D eigenvalue weighted by molar-refractivity contribution is 7.85. The second-order valence-electron chi connectivity index (χ2n) is 5.67. The first-order valence-electron chi connectivity index (χ1n) is 7.01. The van der Waals surface area contributed by atoms with E-state index in [0.717, 1.165) is 16.8 Å². The first-order chi connectivity index (χ1) is 10.3. The lowest BCUT2D eigenvalue weighted by Gasteiger charge is -2.16. The normalized spacial score (nSPS) is 16.8. The molecule has 0 aliphatic carbocycles. The molecule has 0 fully saturated rings. The fourth-order valence-corrected chi connectivity index (χ4v) is 3.37. The lowest BCUT2D eigenvalue weighted by molar-refractivity contribution is 0.483. The first-order valence-corrected chi connectivity index (χ1v) is 8.45. The Labute approximate surface area is 130 Å². The van der Waals surface area contributed by atoms with Gasteiger partial charge in [0.2, 0.25) is 0 Å². The number of benzene rings is 2. The number of fused-ring (bicyclic) bond motifs is 1. The second-order valence-corrected chi connectivity index (χ2v) is 7.09. The van der Waals surface area contributed by atoms with Gasteiger partial charge in [-0.1, -0.05) is 12.1 Å². The Bertz CT molecular complexity index is 898. The van der Waals surface area contributed by atoms with Gasteiger partial charge in [0.25, 0.3) is 10.1 Å². The topological polar surface area (TPSA) is 66.7 Å². The third kappa shape index (κ3) is 2.36. The molecule has 1 atom stereocenters. The van der Waals surface area contributed by atoms with Crippen molar-refractivity contribution >= 4 is 22.0 Å². The third-order valence-electron chi connectivity index (χ3n) is 4.43. The summed E-state index contributed by atoms with van der Waals surface area (Å²) in [5.41, 5.74) is 6.30. The Kier molecular flexibility index (Phi) is 3.42. The molecule has 22 heavy (non-hydrogen) atoms. The molecule has 0 saturated heterocycles. The molecule has 1 heterocycles. The van der Waals surface area contributed by atoms with Crippen molar-refractivity contribution in [1.29, 1.82) is 0 Å². The zero-order valence-electron chi connectivity index (χ0n) is 12.7. The molecule has 2 aromatic rings. The van der Waals surface area contributed by atoms with Crippen LogP contribution in [-0.4, -0.2) is 19.2 Å². The van der Waals surface area contributed by atoms with E-state index in [1.54, 1.807) is 6.07 Å². The van der Waals surface area contributed by atoms with Crippen molar-refractivity contribution in [3.05, 3.63) is 58.1 Å². The Hall–Kier alpha value is -1.98. The molecule has 3 rings (SSSR count). The average molecular weight is 315 g/mol. The van der Waals surface area contributed by atoms with Gasteiger partial charge < -0.3 is 0 Å². The Morgan fingerprint density at radius 1 is 1.00 bits per heavy atom. The van der Waals surface area contributed by atoms with Gasteiger partial charge in [-0.25, -0.2) is 0 Å². The van der Waals surface area contributed by atoms with Crippen LogP contribution >= 0.6 is 0 Å². The van der Waals surface area contributed by atoms with Crippen LogP contribution in [0.2, 0.25) is 0 Å². The minimum absolute atomic E-state index is 0.0870. The van der Waals surface area contributed by atoms with E-state index in [-0.39, 0.29) is 10.8 Å². The van der Waals surface area contributed by atoms with E-state index in [0.29, 0.717) is 0 Å². The molecule has 114 valence electrons. The summed E-state index contributed by atoms with van der Waals surface area (Å²) in [5, 5.41) is 0. The van der Waals surface area contributed by atoms with Gasteiger partial charge in [-0.3, -0.25) is 9.55 Å². The van der Waals surface area contributed by atoms with E-state index >= 15 is 0 Å². The van der Waals surface area contributed by atoms with E-state index in [9.17, 15) is 13.0 Å². The van der Waals surface area contributed by atoms with Gasteiger partial charge in [-0.15, -0.1) is 0 Å². The number of hydrogen-bond acceptors (Lipinski definition) is 3. The first kappa shape index (κ1) is 14.9. The van der Waals surface area contributed by atoms with Crippen molar-refractivity contribution in [2.75, 3.05) is 0 Å². The molecule has 0 aromatic heterocycles. The maximum absolute atomic E-state index is 11.4. The molecule has 1 unspecified atom stereocenters. The standard InChI is InChI=1S/C17H17NO3S/c1-10-4-6-14(12(3)11(10)2)16-9-18-17-7-5-13(8-15(16)17)22(19,20)21/h4-9,16H,1-3H3,(H,19,20,21). The van der Waals surface area contributed by atoms with Crippen molar-refractivity contribution in [1.82, 2.24) is 0 Å². The van der Waals surface area contributed by atoms with E-state index < -0.39 is 10.1 Å². The predicted octanol–water partition coefficient (Wildman–Crippen LogP) is 3.71. The minimum atomic E-state index is -4.21. The van der Waals surface area contributed by atoms with Gasteiger partial charge in [0, 0.05) is 12.1 Å². The van der Waals surface area contributed by atoms with E-state index in [1.165, 1.54) is 28.8 Å². The molecule has 5 heteroatoms. The zero-order valence-corrected chi connectivity index (χ0v) is 13.5. The van der Waals surface area contributed by atoms with E-state index in [2.05, 4.69) is 37.9 Å². The maximum atomic E-state index is 11.4. The molecule has 0 radical (unpaired) electrons. The molecule has 0 bridgehead atoms. The molecular weight excluding hydrogens is 298 g/mol. The van der Waals surface area contributed by atoms with Gasteiger partial charge in [0.15, 0.2) is 0 Å². The summed E-state index contributed by atoms with van der Waals surface area (Å²) in [6, 6.07) is 8.64. The summed E-state index contributed by atoms with van der Waals surface area (Å²) in [4.78, 5) is 4.28. The van der Waals surface area contributed by atoms with Crippen LogP contribution in [0, 0.1) is 20.8 Å². The fraction of sp³-hybridized carbons (Fsp3) is 0.235. The zero-order chi connectivity index (χ0) is 16.1. The van der Waals surface area contributed by atoms with Crippen molar-refractivity contribution in [3.63, 3.8) is 0 Å². The molecule has 0 amide bonds. The maximum Gasteiger partial charge on any atom is 0.294 e. The Morgan fingerprint density at radius 3 is 2.41 bits per heavy atom. The van der Waals surface area contributed by atoms with Crippen LogP contribution in [0.5, 0.6) is 0 Å². The summed E-state index contributed by atoms with van der Waals surface area (Å²) < 4.78 is 32.0. The lowest BCUT2D eigenvalue weighted by Crippen LogP contribution is -2.05. The van der Waals surface area contributed by atoms with Crippen LogP contribution in [0.3, 0.4) is 0 Å². The number of aryl methyl sites for hydroxylation is 1. The summed E-state index contributed by atoms with van der Waals surface area (Å²) >= 11 is 0. The SMILES string of the molecule is Cc1ccc(C2C=Nc3ccc(S(=O)(=O)O)cc32)c(C)c1C. The number of hydrogen-bond donors (Lipinski definition) is 1. The van der Waals surface area contributed by atoms with Gasteiger partial charge in [-0.2, -0.15) is 8.42 Å². The van der Waals surface area contributed by atoms with Crippen LogP contribution in [0.25, 0.3) is 0 Å².